The highest BCUT2D eigenvalue weighted by molar-refractivity contribution is 6.46. The van der Waals surface area contributed by atoms with Gasteiger partial charge in [0.25, 0.3) is 11.7 Å². The Morgan fingerprint density at radius 3 is 2.27 bits per heavy atom. The largest absolute Gasteiger partial charge is 0.507 e. The minimum atomic E-state index is -0.758. The lowest BCUT2D eigenvalue weighted by atomic mass is 9.95. The first-order valence-corrected chi connectivity index (χ1v) is 14.4. The number of Topliss-reactive ketones (excluding diaryl/α,β-unsaturated/α-hetero) is 1. The normalized spacial score (nSPS) is 16.6. The van der Waals surface area contributed by atoms with Crippen LogP contribution in [0.25, 0.3) is 5.76 Å². The van der Waals surface area contributed by atoms with E-state index in [4.69, 9.17) is 14.2 Å². The number of ketones is 1. The van der Waals surface area contributed by atoms with Crippen LogP contribution in [0.4, 0.5) is 0 Å². The van der Waals surface area contributed by atoms with Gasteiger partial charge in [0.1, 0.15) is 11.5 Å². The molecule has 0 spiro atoms. The number of carbonyl (C=O) groups is 2. The van der Waals surface area contributed by atoms with Crippen LogP contribution < -0.4 is 14.2 Å². The Bertz CT molecular complexity index is 1160. The molecule has 2 aromatic rings. The minimum absolute atomic E-state index is 0.0654. The number of unbranched alkanes of at least 4 members (excludes halogenated alkanes) is 2. The molecule has 1 fully saturated rings. The van der Waals surface area contributed by atoms with E-state index in [1.807, 2.05) is 19.1 Å². The van der Waals surface area contributed by atoms with Crippen molar-refractivity contribution in [3.05, 3.63) is 59.2 Å². The summed E-state index contributed by atoms with van der Waals surface area (Å²) in [5.41, 5.74) is 1.18. The first-order chi connectivity index (χ1) is 19.4. The molecular weight excluding hydrogens is 508 g/mol. The molecule has 1 aliphatic heterocycles. The molecule has 1 aliphatic rings. The number of carbonyl (C=O) groups excluding carboxylic acids is 2. The number of aliphatic hydroxyl groups is 1. The summed E-state index contributed by atoms with van der Waals surface area (Å²) < 4.78 is 17.1. The number of methoxy groups -OCH3 is 1. The number of amides is 1. The van der Waals surface area contributed by atoms with Crippen LogP contribution in [0.15, 0.2) is 48.0 Å². The Morgan fingerprint density at radius 2 is 1.65 bits per heavy atom. The number of nitrogens with zero attached hydrogens (tertiary/aromatic N) is 2. The van der Waals surface area contributed by atoms with E-state index in [1.165, 1.54) is 0 Å². The van der Waals surface area contributed by atoms with Crippen LogP contribution in [0.5, 0.6) is 17.2 Å². The summed E-state index contributed by atoms with van der Waals surface area (Å²) in [5.74, 6) is 0.258. The highest BCUT2D eigenvalue weighted by atomic mass is 16.5. The van der Waals surface area contributed by atoms with Crippen molar-refractivity contribution in [2.75, 3.05) is 46.5 Å². The van der Waals surface area contributed by atoms with Crippen LogP contribution >= 0.6 is 0 Å². The molecule has 0 aromatic heterocycles. The lowest BCUT2D eigenvalue weighted by Crippen LogP contribution is -2.33. The second-order valence-corrected chi connectivity index (χ2v) is 9.80. The molecule has 0 radical (unpaired) electrons. The zero-order valence-corrected chi connectivity index (χ0v) is 24.6. The van der Waals surface area contributed by atoms with Gasteiger partial charge in [-0.3, -0.25) is 9.59 Å². The molecule has 1 amide bonds. The van der Waals surface area contributed by atoms with Crippen LogP contribution in [-0.4, -0.2) is 73.1 Å². The first kappa shape index (κ1) is 31.0. The Balaban J connectivity index is 2.02. The summed E-state index contributed by atoms with van der Waals surface area (Å²) in [6.45, 7) is 12.3. The van der Waals surface area contributed by atoms with Crippen molar-refractivity contribution in [2.45, 2.75) is 59.4 Å². The first-order valence-electron chi connectivity index (χ1n) is 14.4. The fourth-order valence-corrected chi connectivity index (χ4v) is 5.00. The molecule has 1 saturated heterocycles. The number of hydrogen-bond acceptors (Lipinski definition) is 7. The molecule has 8 nitrogen and oxygen atoms in total. The summed E-state index contributed by atoms with van der Waals surface area (Å²) in [5, 5.41) is 11.4. The van der Waals surface area contributed by atoms with Gasteiger partial charge in [-0.05, 0) is 81.4 Å². The van der Waals surface area contributed by atoms with Gasteiger partial charge in [0.2, 0.25) is 0 Å². The van der Waals surface area contributed by atoms with Crippen LogP contribution in [-0.2, 0) is 9.59 Å². The van der Waals surface area contributed by atoms with E-state index in [2.05, 4.69) is 25.7 Å². The van der Waals surface area contributed by atoms with E-state index < -0.39 is 17.7 Å². The fraction of sp³-hybridized carbons (Fsp3) is 0.500. The average molecular weight is 553 g/mol. The third-order valence-electron chi connectivity index (χ3n) is 7.26. The Labute approximate surface area is 238 Å². The monoisotopic (exact) mass is 552 g/mol. The summed E-state index contributed by atoms with van der Waals surface area (Å²) in [6, 6.07) is 11.6. The van der Waals surface area contributed by atoms with Crippen molar-refractivity contribution in [1.29, 1.82) is 0 Å². The van der Waals surface area contributed by atoms with Gasteiger partial charge < -0.3 is 29.1 Å². The van der Waals surface area contributed by atoms with E-state index >= 15 is 0 Å². The molecular formula is C32H44N2O6. The lowest BCUT2D eigenvalue weighted by Gasteiger charge is -2.27. The van der Waals surface area contributed by atoms with Crippen LogP contribution in [0.2, 0.25) is 0 Å². The van der Waals surface area contributed by atoms with Gasteiger partial charge in [0.15, 0.2) is 11.5 Å². The Kier molecular flexibility index (Phi) is 11.9. The summed E-state index contributed by atoms with van der Waals surface area (Å²) in [6.07, 6.45) is 3.81. The zero-order chi connectivity index (χ0) is 29.1. The third-order valence-corrected chi connectivity index (χ3v) is 7.26. The number of hydrogen-bond donors (Lipinski definition) is 1. The smallest absolute Gasteiger partial charge is 0.295 e. The number of likely N-dealkylation sites (tertiary alicyclic amines) is 1. The molecule has 8 heteroatoms. The lowest BCUT2D eigenvalue weighted by molar-refractivity contribution is -0.140. The molecule has 1 heterocycles. The van der Waals surface area contributed by atoms with Gasteiger partial charge in [-0.2, -0.15) is 0 Å². The van der Waals surface area contributed by atoms with Crippen molar-refractivity contribution in [3.8, 4) is 17.2 Å². The molecule has 218 valence electrons. The van der Waals surface area contributed by atoms with Crippen LogP contribution in [0.1, 0.15) is 70.5 Å². The highest BCUT2D eigenvalue weighted by Crippen LogP contribution is 2.42. The van der Waals surface area contributed by atoms with Gasteiger partial charge in [0.05, 0.1) is 31.9 Å². The van der Waals surface area contributed by atoms with E-state index in [1.54, 1.807) is 42.3 Å². The van der Waals surface area contributed by atoms with E-state index in [0.717, 1.165) is 38.9 Å². The second kappa shape index (κ2) is 15.3. The predicted molar refractivity (Wildman–Crippen MR) is 157 cm³/mol. The third kappa shape index (κ3) is 7.36. The van der Waals surface area contributed by atoms with Crippen molar-refractivity contribution in [1.82, 2.24) is 9.80 Å². The molecule has 0 saturated carbocycles. The molecule has 0 bridgehead atoms. The maximum Gasteiger partial charge on any atom is 0.295 e. The van der Waals surface area contributed by atoms with Crippen molar-refractivity contribution >= 4 is 17.4 Å². The maximum atomic E-state index is 13.4. The topological polar surface area (TPSA) is 88.5 Å². The van der Waals surface area contributed by atoms with Gasteiger partial charge in [-0.1, -0.05) is 39.7 Å². The van der Waals surface area contributed by atoms with E-state index in [9.17, 15) is 14.7 Å². The quantitative estimate of drug-likeness (QED) is 0.122. The van der Waals surface area contributed by atoms with Crippen LogP contribution in [0, 0.1) is 0 Å². The summed E-state index contributed by atoms with van der Waals surface area (Å²) in [4.78, 5) is 30.6. The molecule has 0 aliphatic carbocycles. The average Bonchev–Trinajstić information content (AvgIpc) is 3.22. The molecule has 1 N–H and O–H groups in total. The van der Waals surface area contributed by atoms with Gasteiger partial charge in [-0.25, -0.2) is 0 Å². The standard InChI is InChI=1S/C32H44N2O6/c1-6-10-11-21-40-26-18-15-24(22-27(26)38-5)29-28(30(35)23-13-16-25(17-14-23)39-9-4)31(36)32(37)34(29)20-12-19-33(7-2)8-3/h13-18,22,29,35H,6-12,19-21H2,1-5H3/t29-/m1/s1. The Hall–Kier alpha value is -3.52. The molecule has 3 rings (SSSR count). The Morgan fingerprint density at radius 1 is 0.925 bits per heavy atom. The second-order valence-electron chi connectivity index (χ2n) is 9.80. The SMILES string of the molecule is CCCCCOc1ccc([C@@H]2C(=C(O)c3ccc(OCC)cc3)C(=O)C(=O)N2CCCN(CC)CC)cc1OC. The number of aliphatic hydroxyl groups excluding tert-OH is 1. The minimum Gasteiger partial charge on any atom is -0.507 e. The van der Waals surface area contributed by atoms with E-state index in [-0.39, 0.29) is 11.3 Å². The molecule has 2 aromatic carbocycles. The molecule has 0 unspecified atom stereocenters. The van der Waals surface area contributed by atoms with Gasteiger partial charge in [-0.15, -0.1) is 0 Å². The number of benzene rings is 2. The van der Waals surface area contributed by atoms with Crippen molar-refractivity contribution in [3.63, 3.8) is 0 Å². The molecule has 1 atom stereocenters. The predicted octanol–water partition coefficient (Wildman–Crippen LogP) is 5.82. The number of rotatable bonds is 16. The van der Waals surface area contributed by atoms with E-state index in [0.29, 0.717) is 54.6 Å². The maximum absolute atomic E-state index is 13.4. The zero-order valence-electron chi connectivity index (χ0n) is 24.6. The summed E-state index contributed by atoms with van der Waals surface area (Å²) in [7, 11) is 1.57. The van der Waals surface area contributed by atoms with Crippen LogP contribution in [0.3, 0.4) is 0 Å². The number of ether oxygens (including phenoxy) is 3. The fourth-order valence-electron chi connectivity index (χ4n) is 5.00. The van der Waals surface area contributed by atoms with Gasteiger partial charge >= 0.3 is 0 Å². The van der Waals surface area contributed by atoms with Crippen molar-refractivity contribution < 1.29 is 28.9 Å². The highest BCUT2D eigenvalue weighted by Gasteiger charge is 2.46. The van der Waals surface area contributed by atoms with Crippen molar-refractivity contribution in [2.24, 2.45) is 0 Å². The summed E-state index contributed by atoms with van der Waals surface area (Å²) >= 11 is 0. The molecule has 40 heavy (non-hydrogen) atoms. The van der Waals surface area contributed by atoms with Gasteiger partial charge in [0, 0.05) is 12.1 Å².